The van der Waals surface area contributed by atoms with Gasteiger partial charge in [-0.05, 0) is 23.8 Å². The van der Waals surface area contributed by atoms with Crippen molar-refractivity contribution >= 4 is 0 Å². The number of pyridine rings is 1. The average molecular weight is 396 g/mol. The number of hydrogen-bond acceptors (Lipinski definition) is 7. The SMILES string of the molecule is O=[N+]([O-])N=NC1NCCN1Cc1ccc(Oc2ccc(C(F)(F)F)cn2)cc1. The van der Waals surface area contributed by atoms with Crippen molar-refractivity contribution in [3.8, 4) is 11.6 Å². The third-order valence-electron chi connectivity index (χ3n) is 3.90. The van der Waals surface area contributed by atoms with Gasteiger partial charge in [0.25, 0.3) is 6.29 Å². The molecule has 1 aromatic carbocycles. The number of nitrogens with zero attached hydrogens (tertiary/aromatic N) is 5. The van der Waals surface area contributed by atoms with Crippen molar-refractivity contribution < 1.29 is 22.9 Å². The van der Waals surface area contributed by atoms with E-state index in [1.54, 1.807) is 24.3 Å². The van der Waals surface area contributed by atoms with Gasteiger partial charge in [0.1, 0.15) is 5.75 Å². The molecule has 0 spiro atoms. The zero-order valence-corrected chi connectivity index (χ0v) is 14.3. The highest BCUT2D eigenvalue weighted by atomic mass is 19.4. The molecule has 1 aliphatic rings. The van der Waals surface area contributed by atoms with Crippen LogP contribution in [0.3, 0.4) is 0 Å². The standard InChI is InChI=1S/C16H15F3N6O3/c17-16(18,19)12-3-6-14(21-9-12)28-13-4-1-11(2-5-13)10-24-8-7-20-15(24)22-23-25(26)27/h1-6,9,15,20H,7-8,10H2. The van der Waals surface area contributed by atoms with Crippen LogP contribution in [0.15, 0.2) is 52.9 Å². The minimum atomic E-state index is -4.45. The lowest BCUT2D eigenvalue weighted by molar-refractivity contribution is -0.495. The van der Waals surface area contributed by atoms with Gasteiger partial charge in [0.15, 0.2) is 5.22 Å². The van der Waals surface area contributed by atoms with Crippen LogP contribution >= 0.6 is 0 Å². The molecule has 1 aromatic heterocycles. The number of aromatic nitrogens is 1. The Labute approximate surface area is 157 Å². The Balaban J connectivity index is 1.60. The summed E-state index contributed by atoms with van der Waals surface area (Å²) in [6, 6.07) is 8.92. The normalized spacial score (nSPS) is 17.9. The summed E-state index contributed by atoms with van der Waals surface area (Å²) in [6.07, 6.45) is -4.31. The monoisotopic (exact) mass is 396 g/mol. The molecule has 0 aliphatic carbocycles. The molecule has 1 N–H and O–H groups in total. The van der Waals surface area contributed by atoms with Gasteiger partial charge in [0.05, 0.1) is 15.7 Å². The second kappa shape index (κ2) is 8.27. The maximum absolute atomic E-state index is 12.5. The van der Waals surface area contributed by atoms with Crippen molar-refractivity contribution in [3.05, 3.63) is 63.8 Å². The van der Waals surface area contributed by atoms with Crippen LogP contribution in [0.2, 0.25) is 0 Å². The Morgan fingerprint density at radius 3 is 2.64 bits per heavy atom. The first-order valence-electron chi connectivity index (χ1n) is 8.14. The summed E-state index contributed by atoms with van der Waals surface area (Å²) in [5.41, 5.74) is 0.0518. The summed E-state index contributed by atoms with van der Waals surface area (Å²) < 4.78 is 43.1. The predicted octanol–water partition coefficient (Wildman–Crippen LogP) is 3.23. The summed E-state index contributed by atoms with van der Waals surface area (Å²) in [7, 11) is 0. The van der Waals surface area contributed by atoms with Gasteiger partial charge in [-0.25, -0.2) is 9.88 Å². The van der Waals surface area contributed by atoms with Crippen molar-refractivity contribution in [3.63, 3.8) is 0 Å². The lowest BCUT2D eigenvalue weighted by Gasteiger charge is -2.15. The number of alkyl halides is 3. The van der Waals surface area contributed by atoms with Crippen LogP contribution in [0.4, 0.5) is 13.2 Å². The summed E-state index contributed by atoms with van der Waals surface area (Å²) in [5, 5.41) is 19.0. The minimum Gasteiger partial charge on any atom is -0.439 e. The lowest BCUT2D eigenvalue weighted by Crippen LogP contribution is -2.33. The molecule has 0 amide bonds. The van der Waals surface area contributed by atoms with E-state index in [0.29, 0.717) is 31.6 Å². The van der Waals surface area contributed by atoms with Gasteiger partial charge in [-0.15, -0.1) is 0 Å². The molecule has 28 heavy (non-hydrogen) atoms. The maximum atomic E-state index is 12.5. The fourth-order valence-electron chi connectivity index (χ4n) is 2.59. The fourth-order valence-corrected chi connectivity index (χ4v) is 2.59. The van der Waals surface area contributed by atoms with E-state index in [-0.39, 0.29) is 5.88 Å². The molecule has 148 valence electrons. The first-order chi connectivity index (χ1) is 13.3. The van der Waals surface area contributed by atoms with Gasteiger partial charge < -0.3 is 14.9 Å². The molecule has 2 aromatic rings. The van der Waals surface area contributed by atoms with E-state index in [9.17, 15) is 23.3 Å². The highest BCUT2D eigenvalue weighted by Gasteiger charge is 2.31. The molecule has 1 aliphatic heterocycles. The number of hydrogen-bond donors (Lipinski definition) is 1. The van der Waals surface area contributed by atoms with E-state index in [4.69, 9.17) is 4.74 Å². The van der Waals surface area contributed by atoms with E-state index in [1.807, 2.05) is 4.90 Å². The molecule has 12 heteroatoms. The number of rotatable bonds is 6. The van der Waals surface area contributed by atoms with Gasteiger partial charge in [-0.3, -0.25) is 5.32 Å². The van der Waals surface area contributed by atoms with Crippen LogP contribution in [0, 0.1) is 10.1 Å². The van der Waals surface area contributed by atoms with E-state index in [2.05, 4.69) is 20.6 Å². The van der Waals surface area contributed by atoms with Gasteiger partial charge in [0, 0.05) is 31.9 Å². The van der Waals surface area contributed by atoms with Crippen LogP contribution in [0.5, 0.6) is 11.6 Å². The summed E-state index contributed by atoms with van der Waals surface area (Å²) in [5.74, 6) is 0.463. The molecule has 0 bridgehead atoms. The van der Waals surface area contributed by atoms with Crippen molar-refractivity contribution in [2.24, 2.45) is 10.3 Å². The van der Waals surface area contributed by atoms with Crippen molar-refractivity contribution in [2.45, 2.75) is 19.0 Å². The molecular formula is C16H15F3N6O3. The summed E-state index contributed by atoms with van der Waals surface area (Å²) in [4.78, 5) is 15.8. The molecule has 2 heterocycles. The minimum absolute atomic E-state index is 0.0461. The topological polar surface area (TPSA) is 105 Å². The smallest absolute Gasteiger partial charge is 0.417 e. The largest absolute Gasteiger partial charge is 0.439 e. The Morgan fingerprint density at radius 1 is 1.29 bits per heavy atom. The van der Waals surface area contributed by atoms with Gasteiger partial charge >= 0.3 is 6.18 Å². The first kappa shape index (κ1) is 19.6. The van der Waals surface area contributed by atoms with Crippen LogP contribution in [-0.4, -0.2) is 34.3 Å². The molecule has 9 nitrogen and oxygen atoms in total. The van der Waals surface area contributed by atoms with E-state index in [0.717, 1.165) is 17.7 Å². The van der Waals surface area contributed by atoms with E-state index in [1.165, 1.54) is 0 Å². The number of nitrogens with one attached hydrogen (secondary N) is 1. The first-order valence-corrected chi connectivity index (χ1v) is 8.14. The number of nitro groups is 1. The molecule has 1 unspecified atom stereocenters. The molecule has 1 atom stereocenters. The van der Waals surface area contributed by atoms with Crippen LogP contribution in [-0.2, 0) is 12.7 Å². The summed E-state index contributed by atoms with van der Waals surface area (Å²) >= 11 is 0. The number of ether oxygens (including phenoxy) is 1. The van der Waals surface area contributed by atoms with Crippen LogP contribution in [0.25, 0.3) is 0 Å². The fraction of sp³-hybridized carbons (Fsp3) is 0.312. The Bertz CT molecular complexity index is 842. The van der Waals surface area contributed by atoms with E-state index >= 15 is 0 Å². The quantitative estimate of drug-likeness (QED) is 0.457. The van der Waals surface area contributed by atoms with Gasteiger partial charge in [0.2, 0.25) is 5.88 Å². The van der Waals surface area contributed by atoms with Gasteiger partial charge in [-0.2, -0.15) is 13.2 Å². The average Bonchev–Trinajstić information content (AvgIpc) is 3.08. The predicted molar refractivity (Wildman–Crippen MR) is 89.8 cm³/mol. The zero-order chi connectivity index (χ0) is 20.1. The Morgan fingerprint density at radius 2 is 2.04 bits per heavy atom. The van der Waals surface area contributed by atoms with Crippen molar-refractivity contribution in [1.82, 2.24) is 15.2 Å². The van der Waals surface area contributed by atoms with Crippen molar-refractivity contribution in [1.29, 1.82) is 0 Å². The van der Waals surface area contributed by atoms with E-state index < -0.39 is 23.1 Å². The van der Waals surface area contributed by atoms with Gasteiger partial charge in [-0.1, -0.05) is 12.1 Å². The highest BCUT2D eigenvalue weighted by Crippen LogP contribution is 2.30. The molecular weight excluding hydrogens is 381 g/mol. The molecule has 1 fully saturated rings. The Kier molecular flexibility index (Phi) is 5.80. The third kappa shape index (κ3) is 5.20. The second-order valence-corrected chi connectivity index (χ2v) is 5.87. The lowest BCUT2D eigenvalue weighted by atomic mass is 10.2. The number of benzene rings is 1. The highest BCUT2D eigenvalue weighted by molar-refractivity contribution is 5.31. The van der Waals surface area contributed by atoms with Crippen molar-refractivity contribution in [2.75, 3.05) is 13.1 Å². The molecule has 0 saturated carbocycles. The molecule has 3 rings (SSSR count). The number of halogens is 3. The summed E-state index contributed by atoms with van der Waals surface area (Å²) in [6.45, 7) is 1.75. The molecule has 0 radical (unpaired) electrons. The third-order valence-corrected chi connectivity index (χ3v) is 3.90. The Hall–Kier alpha value is -3.12. The molecule has 1 saturated heterocycles. The van der Waals surface area contributed by atoms with Crippen LogP contribution in [0.1, 0.15) is 11.1 Å². The maximum Gasteiger partial charge on any atom is 0.417 e. The second-order valence-electron chi connectivity index (χ2n) is 5.87. The zero-order valence-electron chi connectivity index (χ0n) is 14.3. The van der Waals surface area contributed by atoms with Crippen LogP contribution < -0.4 is 10.1 Å².